The van der Waals surface area contributed by atoms with Gasteiger partial charge < -0.3 is 9.84 Å². The highest BCUT2D eigenvalue weighted by molar-refractivity contribution is 6.30. The second-order valence-corrected chi connectivity index (χ2v) is 7.32. The quantitative estimate of drug-likeness (QED) is 0.550. The van der Waals surface area contributed by atoms with Crippen LogP contribution in [-0.2, 0) is 24.2 Å². The Morgan fingerprint density at radius 2 is 1.83 bits per heavy atom. The number of ketones is 1. The lowest BCUT2D eigenvalue weighted by Crippen LogP contribution is -2.13. The van der Waals surface area contributed by atoms with Crippen LogP contribution in [0, 0.1) is 0 Å². The molecule has 0 aliphatic carbocycles. The highest BCUT2D eigenvalue weighted by Gasteiger charge is 2.20. The van der Waals surface area contributed by atoms with Gasteiger partial charge in [-0.05, 0) is 41.8 Å². The van der Waals surface area contributed by atoms with Crippen molar-refractivity contribution in [2.75, 3.05) is 13.7 Å². The van der Waals surface area contributed by atoms with Crippen molar-refractivity contribution >= 4 is 17.4 Å². The first kappa shape index (κ1) is 21.0. The lowest BCUT2D eigenvalue weighted by molar-refractivity contribution is -0.118. The van der Waals surface area contributed by atoms with Crippen LogP contribution < -0.4 is 4.74 Å². The van der Waals surface area contributed by atoms with Gasteiger partial charge in [0.2, 0.25) is 0 Å². The molecule has 3 rings (SSSR count). The van der Waals surface area contributed by atoms with Crippen molar-refractivity contribution in [2.24, 2.45) is 0 Å². The van der Waals surface area contributed by atoms with E-state index in [2.05, 4.69) is 10.2 Å². The summed E-state index contributed by atoms with van der Waals surface area (Å²) in [5.74, 6) is 0.816. The van der Waals surface area contributed by atoms with Gasteiger partial charge in [-0.1, -0.05) is 35.9 Å². The average molecular weight is 414 g/mol. The highest BCUT2D eigenvalue weighted by atomic mass is 35.5. The predicted octanol–water partition coefficient (Wildman–Crippen LogP) is 3.46. The van der Waals surface area contributed by atoms with Crippen LogP contribution in [0.25, 0.3) is 0 Å². The maximum Gasteiger partial charge on any atom is 0.137 e. The van der Waals surface area contributed by atoms with E-state index in [1.165, 1.54) is 4.80 Å². The zero-order valence-electron chi connectivity index (χ0n) is 16.3. The molecule has 1 heterocycles. The van der Waals surface area contributed by atoms with Crippen LogP contribution in [-0.4, -0.2) is 39.6 Å². The molecular weight excluding hydrogens is 390 g/mol. The molecule has 0 unspecified atom stereocenters. The van der Waals surface area contributed by atoms with E-state index in [9.17, 15) is 4.79 Å². The Balaban J connectivity index is 1.75. The lowest BCUT2D eigenvalue weighted by atomic mass is 9.90. The summed E-state index contributed by atoms with van der Waals surface area (Å²) < 4.78 is 5.22. The van der Waals surface area contributed by atoms with Gasteiger partial charge in [-0.2, -0.15) is 15.0 Å². The molecule has 1 N–H and O–H groups in total. The molecule has 0 aliphatic heterocycles. The van der Waals surface area contributed by atoms with Crippen LogP contribution in [0.1, 0.15) is 29.2 Å². The number of Topliss-reactive ketones (excluding diaryl/α,β-unsaturated/α-hetero) is 1. The topological polar surface area (TPSA) is 77.2 Å². The average Bonchev–Trinajstić information content (AvgIpc) is 3.19. The van der Waals surface area contributed by atoms with Crippen LogP contribution in [0.3, 0.4) is 0 Å². The normalized spacial score (nSPS) is 12.0. The maximum atomic E-state index is 12.8. The molecule has 0 radical (unpaired) electrons. The van der Waals surface area contributed by atoms with Gasteiger partial charge in [-0.3, -0.25) is 4.79 Å². The van der Waals surface area contributed by atoms with Gasteiger partial charge in [-0.15, -0.1) is 0 Å². The van der Waals surface area contributed by atoms with Gasteiger partial charge in [0.25, 0.3) is 0 Å². The predicted molar refractivity (Wildman–Crippen MR) is 111 cm³/mol. The summed E-state index contributed by atoms with van der Waals surface area (Å²) >= 11 is 5.92. The summed E-state index contributed by atoms with van der Waals surface area (Å²) in [6.45, 7) is 0.292. The Kier molecular flexibility index (Phi) is 7.38. The largest absolute Gasteiger partial charge is 0.497 e. The second kappa shape index (κ2) is 10.2. The molecule has 152 valence electrons. The van der Waals surface area contributed by atoms with E-state index in [0.29, 0.717) is 30.8 Å². The molecular formula is C22H24ClN3O3. The molecule has 1 aromatic heterocycles. The zero-order chi connectivity index (χ0) is 20.6. The van der Waals surface area contributed by atoms with Crippen LogP contribution in [0.2, 0.25) is 5.02 Å². The van der Waals surface area contributed by atoms with Crippen molar-refractivity contribution in [3.8, 4) is 5.75 Å². The number of nitrogens with zero attached hydrogens (tertiary/aromatic N) is 3. The number of rotatable bonds is 10. The molecule has 0 spiro atoms. The first-order chi connectivity index (χ1) is 14.1. The Labute approximate surface area is 175 Å². The molecule has 0 saturated heterocycles. The molecule has 3 aromatic rings. The smallest absolute Gasteiger partial charge is 0.137 e. The third-order valence-corrected chi connectivity index (χ3v) is 4.95. The number of ether oxygens (including phenoxy) is 1. The number of aromatic nitrogens is 3. The number of carbonyl (C=O) groups is 1. The number of carbonyl (C=O) groups excluding carboxylic acids is 1. The number of methoxy groups -OCH3 is 1. The summed E-state index contributed by atoms with van der Waals surface area (Å²) in [5.41, 5.74) is 2.78. The minimum Gasteiger partial charge on any atom is -0.497 e. The molecule has 7 heteroatoms. The van der Waals surface area contributed by atoms with Gasteiger partial charge >= 0.3 is 0 Å². The monoisotopic (exact) mass is 413 g/mol. The molecule has 0 amide bonds. The van der Waals surface area contributed by atoms with E-state index in [-0.39, 0.29) is 18.3 Å². The Hall–Kier alpha value is -2.70. The van der Waals surface area contributed by atoms with Gasteiger partial charge in [0.05, 0.1) is 32.2 Å². The number of halogens is 1. The molecule has 0 bridgehead atoms. The van der Waals surface area contributed by atoms with Crippen molar-refractivity contribution in [1.29, 1.82) is 0 Å². The van der Waals surface area contributed by atoms with Gasteiger partial charge in [0.15, 0.2) is 0 Å². The van der Waals surface area contributed by atoms with Crippen molar-refractivity contribution in [2.45, 2.75) is 31.7 Å². The molecule has 2 aromatic carbocycles. The summed E-state index contributed by atoms with van der Waals surface area (Å²) in [5, 5.41) is 18.4. The first-order valence-electron chi connectivity index (χ1n) is 9.47. The number of hydrogen-bond acceptors (Lipinski definition) is 5. The number of benzene rings is 2. The minimum atomic E-state index is -0.101. The third-order valence-electron chi connectivity index (χ3n) is 4.70. The standard InChI is InChI=1S/C22H24ClN3O3/c1-29-21-8-4-16(5-9-21)12-18(22-15-24-26(25-22)10-11-27)14-20(28)13-17-2-6-19(23)7-3-17/h2-9,15,18,27H,10-14H2,1H3/t18-/m1/s1. The molecule has 0 aliphatic rings. The van der Waals surface area contributed by atoms with E-state index in [1.54, 1.807) is 25.4 Å². The fourth-order valence-electron chi connectivity index (χ4n) is 3.20. The fraction of sp³-hybridized carbons (Fsp3) is 0.318. The van der Waals surface area contributed by atoms with E-state index < -0.39 is 0 Å². The van der Waals surface area contributed by atoms with Gasteiger partial charge in [0.1, 0.15) is 11.5 Å². The van der Waals surface area contributed by atoms with E-state index in [0.717, 1.165) is 22.6 Å². The van der Waals surface area contributed by atoms with Crippen LogP contribution in [0.5, 0.6) is 5.75 Å². The Morgan fingerprint density at radius 3 is 2.48 bits per heavy atom. The third kappa shape index (κ3) is 6.14. The highest BCUT2D eigenvalue weighted by Crippen LogP contribution is 2.25. The van der Waals surface area contributed by atoms with Gasteiger partial charge in [-0.25, -0.2) is 0 Å². The van der Waals surface area contributed by atoms with E-state index in [1.807, 2.05) is 36.4 Å². The Bertz CT molecular complexity index is 923. The summed E-state index contributed by atoms with van der Waals surface area (Å²) in [4.78, 5) is 14.2. The summed E-state index contributed by atoms with van der Waals surface area (Å²) in [6, 6.07) is 15.1. The van der Waals surface area contributed by atoms with E-state index >= 15 is 0 Å². The molecule has 0 fully saturated rings. The number of aliphatic hydroxyl groups is 1. The van der Waals surface area contributed by atoms with Crippen LogP contribution in [0.4, 0.5) is 0 Å². The molecule has 29 heavy (non-hydrogen) atoms. The van der Waals surface area contributed by atoms with Gasteiger partial charge in [0, 0.05) is 23.8 Å². The maximum absolute atomic E-state index is 12.8. The zero-order valence-corrected chi connectivity index (χ0v) is 17.0. The SMILES string of the molecule is COc1ccc(C[C@H](CC(=O)Cc2ccc(Cl)cc2)c2cnn(CCO)n2)cc1. The first-order valence-corrected chi connectivity index (χ1v) is 9.85. The van der Waals surface area contributed by atoms with Crippen molar-refractivity contribution in [3.05, 3.63) is 76.6 Å². The molecule has 6 nitrogen and oxygen atoms in total. The minimum absolute atomic E-state index is 0.0350. The van der Waals surface area contributed by atoms with Crippen molar-refractivity contribution in [1.82, 2.24) is 15.0 Å². The van der Waals surface area contributed by atoms with E-state index in [4.69, 9.17) is 21.4 Å². The number of aliphatic hydroxyl groups excluding tert-OH is 1. The summed E-state index contributed by atoms with van der Waals surface area (Å²) in [6.07, 6.45) is 3.04. The molecule has 1 atom stereocenters. The lowest BCUT2D eigenvalue weighted by Gasteiger charge is -2.14. The second-order valence-electron chi connectivity index (χ2n) is 6.88. The fourth-order valence-corrected chi connectivity index (χ4v) is 3.33. The van der Waals surface area contributed by atoms with Crippen molar-refractivity contribution < 1.29 is 14.6 Å². The van der Waals surface area contributed by atoms with Crippen LogP contribution in [0.15, 0.2) is 54.7 Å². The number of hydrogen-bond donors (Lipinski definition) is 1. The van der Waals surface area contributed by atoms with Crippen LogP contribution >= 0.6 is 11.6 Å². The summed E-state index contributed by atoms with van der Waals surface area (Å²) in [7, 11) is 1.63. The Morgan fingerprint density at radius 1 is 1.14 bits per heavy atom. The van der Waals surface area contributed by atoms with Crippen molar-refractivity contribution in [3.63, 3.8) is 0 Å². The molecule has 0 saturated carbocycles.